The van der Waals surface area contributed by atoms with Gasteiger partial charge in [0.2, 0.25) is 5.95 Å². The van der Waals surface area contributed by atoms with E-state index in [4.69, 9.17) is 9.97 Å². The molecule has 0 saturated heterocycles. The Morgan fingerprint density at radius 3 is 2.39 bits per heavy atom. The lowest BCUT2D eigenvalue weighted by Crippen LogP contribution is -2.02. The van der Waals surface area contributed by atoms with Gasteiger partial charge in [-0.3, -0.25) is 4.57 Å². The van der Waals surface area contributed by atoms with Crippen molar-refractivity contribution in [3.8, 4) is 29.0 Å². The van der Waals surface area contributed by atoms with E-state index in [0.29, 0.717) is 11.5 Å². The van der Waals surface area contributed by atoms with Gasteiger partial charge >= 0.3 is 0 Å². The molecule has 3 heterocycles. The first-order chi connectivity index (χ1) is 18.8. The van der Waals surface area contributed by atoms with Crippen LogP contribution < -0.4 is 0 Å². The van der Waals surface area contributed by atoms with Crippen molar-refractivity contribution in [2.24, 2.45) is 0 Å². The zero-order valence-corrected chi connectivity index (χ0v) is 20.2. The number of para-hydroxylation sites is 1. The van der Waals surface area contributed by atoms with E-state index in [9.17, 15) is 5.26 Å². The van der Waals surface area contributed by atoms with Crippen LogP contribution >= 0.6 is 0 Å². The Labute approximate surface area is 217 Å². The van der Waals surface area contributed by atoms with Gasteiger partial charge in [0.25, 0.3) is 0 Å². The third kappa shape index (κ3) is 2.86. The Balaban J connectivity index is 1.47. The number of aromatic nitrogens is 4. The number of fused-ring (bicyclic) bond motifs is 2. The van der Waals surface area contributed by atoms with E-state index in [1.54, 1.807) is 0 Å². The summed E-state index contributed by atoms with van der Waals surface area (Å²) < 4.78 is 4.44. The van der Waals surface area contributed by atoms with Crippen LogP contribution in [0.5, 0.6) is 0 Å². The van der Waals surface area contributed by atoms with E-state index in [0.717, 1.165) is 38.9 Å². The highest BCUT2D eigenvalue weighted by Gasteiger charge is 2.22. The van der Waals surface area contributed by atoms with Gasteiger partial charge in [0, 0.05) is 39.8 Å². The molecule has 0 bridgehead atoms. The lowest BCUT2D eigenvalue weighted by atomic mass is 10.0. The van der Waals surface area contributed by atoms with Crippen molar-refractivity contribution in [3.05, 3.63) is 121 Å². The number of rotatable bonds is 3. The molecule has 8 aromatic rings. The Hall–Kier alpha value is -5.47. The Kier molecular flexibility index (Phi) is 4.23. The van der Waals surface area contributed by atoms with Gasteiger partial charge in [-0.15, -0.1) is 0 Å². The largest absolute Gasteiger partial charge is 0.316 e. The zero-order chi connectivity index (χ0) is 25.2. The van der Waals surface area contributed by atoms with Gasteiger partial charge in [-0.25, -0.2) is 9.97 Å². The van der Waals surface area contributed by atoms with Gasteiger partial charge in [0.15, 0.2) is 0 Å². The molecule has 0 saturated carbocycles. The second-order valence-corrected chi connectivity index (χ2v) is 9.48. The van der Waals surface area contributed by atoms with Gasteiger partial charge in [0.1, 0.15) is 0 Å². The standard InChI is InChI=1S/C33H19N5/c34-20-21-9-11-22(12-10-21)27-15-17-35-33(36-27)38-28-8-4-5-23-13-14-24-19-29-26(32(38)31(24)30(23)28)16-18-37(29)25-6-2-1-3-7-25/h1-19H. The average molecular weight is 486 g/mol. The first kappa shape index (κ1) is 20.7. The minimum atomic E-state index is 0.622. The molecule has 0 aliphatic heterocycles. The van der Waals surface area contributed by atoms with Gasteiger partial charge in [-0.2, -0.15) is 5.26 Å². The molecule has 0 aliphatic rings. The highest BCUT2D eigenvalue weighted by molar-refractivity contribution is 6.29. The van der Waals surface area contributed by atoms with Crippen LogP contribution in [0.15, 0.2) is 116 Å². The van der Waals surface area contributed by atoms with Gasteiger partial charge in [-0.1, -0.05) is 54.6 Å². The molecule has 38 heavy (non-hydrogen) atoms. The molecular weight excluding hydrogens is 466 g/mol. The summed E-state index contributed by atoms with van der Waals surface area (Å²) in [6.45, 7) is 0. The van der Waals surface area contributed by atoms with E-state index in [1.165, 1.54) is 21.5 Å². The van der Waals surface area contributed by atoms with Crippen molar-refractivity contribution in [3.63, 3.8) is 0 Å². The van der Waals surface area contributed by atoms with Crippen LogP contribution in [0, 0.1) is 11.3 Å². The lowest BCUT2D eigenvalue weighted by Gasteiger charge is -2.10. The summed E-state index contributed by atoms with van der Waals surface area (Å²) in [4.78, 5) is 9.80. The van der Waals surface area contributed by atoms with Gasteiger partial charge < -0.3 is 4.57 Å². The molecule has 5 nitrogen and oxygen atoms in total. The number of hydrogen-bond acceptors (Lipinski definition) is 3. The number of benzene rings is 5. The monoisotopic (exact) mass is 485 g/mol. The van der Waals surface area contributed by atoms with E-state index in [2.05, 4.69) is 88.1 Å². The molecule has 5 heteroatoms. The summed E-state index contributed by atoms with van der Waals surface area (Å²) in [5, 5.41) is 15.2. The molecule has 0 N–H and O–H groups in total. The fraction of sp³-hybridized carbons (Fsp3) is 0. The highest BCUT2D eigenvalue weighted by Crippen LogP contribution is 2.42. The molecule has 8 rings (SSSR count). The molecule has 3 aromatic heterocycles. The predicted octanol–water partition coefficient (Wildman–Crippen LogP) is 7.65. The SMILES string of the molecule is N#Cc1ccc(-c2ccnc(-n3c4cccc5ccc6cc7c(ccn7-c7ccccc7)c3c6c54)n2)cc1. The zero-order valence-electron chi connectivity index (χ0n) is 20.2. The normalized spacial score (nSPS) is 11.7. The highest BCUT2D eigenvalue weighted by atomic mass is 15.2. The van der Waals surface area contributed by atoms with Crippen molar-refractivity contribution in [2.45, 2.75) is 0 Å². The molecule has 0 spiro atoms. The van der Waals surface area contributed by atoms with Crippen LogP contribution in [-0.4, -0.2) is 19.1 Å². The van der Waals surface area contributed by atoms with Crippen LogP contribution in [0.3, 0.4) is 0 Å². The summed E-state index contributed by atoms with van der Waals surface area (Å²) in [7, 11) is 0. The van der Waals surface area contributed by atoms with Crippen molar-refractivity contribution in [2.75, 3.05) is 0 Å². The van der Waals surface area contributed by atoms with E-state index >= 15 is 0 Å². The lowest BCUT2D eigenvalue weighted by molar-refractivity contribution is 0.995. The second-order valence-electron chi connectivity index (χ2n) is 9.48. The molecule has 0 aliphatic carbocycles. The third-order valence-electron chi connectivity index (χ3n) is 7.42. The van der Waals surface area contributed by atoms with Crippen LogP contribution in [0.4, 0.5) is 0 Å². The van der Waals surface area contributed by atoms with Crippen molar-refractivity contribution in [1.29, 1.82) is 5.26 Å². The van der Waals surface area contributed by atoms with Crippen LogP contribution in [0.25, 0.3) is 66.4 Å². The van der Waals surface area contributed by atoms with Crippen molar-refractivity contribution in [1.82, 2.24) is 19.1 Å². The van der Waals surface area contributed by atoms with E-state index < -0.39 is 0 Å². The minimum absolute atomic E-state index is 0.622. The number of hydrogen-bond donors (Lipinski definition) is 0. The molecule has 5 aromatic carbocycles. The Morgan fingerprint density at radius 1 is 0.711 bits per heavy atom. The maximum absolute atomic E-state index is 9.19. The van der Waals surface area contributed by atoms with Crippen molar-refractivity contribution >= 4 is 43.5 Å². The summed E-state index contributed by atoms with van der Waals surface area (Å²) >= 11 is 0. The van der Waals surface area contributed by atoms with Gasteiger partial charge in [0.05, 0.1) is 33.9 Å². The Bertz CT molecular complexity index is 2180. The maximum atomic E-state index is 9.19. The maximum Gasteiger partial charge on any atom is 0.235 e. The molecule has 0 radical (unpaired) electrons. The molecular formula is C33H19N5. The molecule has 176 valence electrons. The fourth-order valence-corrected chi connectivity index (χ4v) is 5.72. The smallest absolute Gasteiger partial charge is 0.235 e. The predicted molar refractivity (Wildman–Crippen MR) is 152 cm³/mol. The van der Waals surface area contributed by atoms with Crippen LogP contribution in [-0.2, 0) is 0 Å². The molecule has 0 fully saturated rings. The van der Waals surface area contributed by atoms with Gasteiger partial charge in [-0.05, 0) is 59.3 Å². The average Bonchev–Trinajstić information content (AvgIpc) is 3.56. The topological polar surface area (TPSA) is 59.4 Å². The molecule has 0 unspecified atom stereocenters. The van der Waals surface area contributed by atoms with Crippen LogP contribution in [0.1, 0.15) is 5.56 Å². The van der Waals surface area contributed by atoms with Crippen molar-refractivity contribution < 1.29 is 0 Å². The second kappa shape index (κ2) is 7.76. The first-order valence-corrected chi connectivity index (χ1v) is 12.5. The molecule has 0 amide bonds. The third-order valence-corrected chi connectivity index (χ3v) is 7.42. The van der Waals surface area contributed by atoms with Crippen LogP contribution in [0.2, 0.25) is 0 Å². The summed E-state index contributed by atoms with van der Waals surface area (Å²) in [5.41, 5.74) is 6.84. The minimum Gasteiger partial charge on any atom is -0.316 e. The van der Waals surface area contributed by atoms with E-state index in [-0.39, 0.29) is 0 Å². The summed E-state index contributed by atoms with van der Waals surface area (Å²) in [6.07, 6.45) is 3.95. The molecule has 0 atom stereocenters. The fourth-order valence-electron chi connectivity index (χ4n) is 5.72. The summed E-state index contributed by atoms with van der Waals surface area (Å²) in [5.74, 6) is 0.622. The summed E-state index contributed by atoms with van der Waals surface area (Å²) in [6, 6.07) is 37.3. The number of nitriles is 1. The number of nitrogens with zero attached hydrogens (tertiary/aromatic N) is 5. The quantitative estimate of drug-likeness (QED) is 0.242. The Morgan fingerprint density at radius 2 is 1.55 bits per heavy atom. The van der Waals surface area contributed by atoms with E-state index in [1.807, 2.05) is 42.6 Å². The first-order valence-electron chi connectivity index (χ1n) is 12.5.